The molecule has 1 aliphatic heterocycles. The third-order valence-corrected chi connectivity index (χ3v) is 3.76. The lowest BCUT2D eigenvalue weighted by Gasteiger charge is -2.14. The molecule has 7 heteroatoms. The van der Waals surface area contributed by atoms with Gasteiger partial charge in [0, 0.05) is 18.4 Å². The van der Waals surface area contributed by atoms with Gasteiger partial charge in [0.05, 0.1) is 18.7 Å². The fourth-order valence-corrected chi connectivity index (χ4v) is 2.43. The molecule has 7 nitrogen and oxygen atoms in total. The highest BCUT2D eigenvalue weighted by molar-refractivity contribution is 5.94. The van der Waals surface area contributed by atoms with Gasteiger partial charge in [0.2, 0.25) is 0 Å². The van der Waals surface area contributed by atoms with Crippen molar-refractivity contribution in [2.24, 2.45) is 0 Å². The van der Waals surface area contributed by atoms with Crippen LogP contribution in [0.5, 0.6) is 0 Å². The first-order valence-corrected chi connectivity index (χ1v) is 7.19. The standard InChI is InChI=1S/C15H14N4O3/c20-13(17-10-3-4-10)14-18-11-7-19(8-12(11)22-14)15(21)9-2-1-5-16-6-9/h1-2,5-6,10H,3-4,7-8H2,(H,17,20). The summed E-state index contributed by atoms with van der Waals surface area (Å²) in [7, 11) is 0. The molecule has 2 aromatic heterocycles. The van der Waals surface area contributed by atoms with E-state index in [2.05, 4.69) is 15.3 Å². The minimum absolute atomic E-state index is 0.0883. The van der Waals surface area contributed by atoms with Gasteiger partial charge in [-0.1, -0.05) is 0 Å². The first kappa shape index (κ1) is 13.0. The number of fused-ring (bicyclic) bond motifs is 1. The first-order valence-electron chi connectivity index (χ1n) is 7.19. The van der Waals surface area contributed by atoms with Crippen LogP contribution in [0.15, 0.2) is 28.9 Å². The normalized spacial score (nSPS) is 16.5. The van der Waals surface area contributed by atoms with Gasteiger partial charge in [0.25, 0.3) is 11.8 Å². The molecule has 1 fully saturated rings. The maximum Gasteiger partial charge on any atom is 0.307 e. The van der Waals surface area contributed by atoms with Crippen molar-refractivity contribution in [3.05, 3.63) is 47.4 Å². The molecule has 1 saturated carbocycles. The van der Waals surface area contributed by atoms with Crippen LogP contribution in [0.25, 0.3) is 0 Å². The molecule has 4 rings (SSSR count). The number of nitrogens with zero attached hydrogens (tertiary/aromatic N) is 3. The fraction of sp³-hybridized carbons (Fsp3) is 0.333. The van der Waals surface area contributed by atoms with Crippen molar-refractivity contribution in [3.63, 3.8) is 0 Å². The first-order chi connectivity index (χ1) is 10.7. The number of amides is 2. The van der Waals surface area contributed by atoms with Crippen LogP contribution >= 0.6 is 0 Å². The van der Waals surface area contributed by atoms with Crippen LogP contribution in [0.4, 0.5) is 0 Å². The van der Waals surface area contributed by atoms with Gasteiger partial charge in [-0.3, -0.25) is 14.6 Å². The molecule has 0 bridgehead atoms. The second kappa shape index (κ2) is 4.94. The maximum absolute atomic E-state index is 12.3. The molecular formula is C15H14N4O3. The van der Waals surface area contributed by atoms with Crippen molar-refractivity contribution in [1.29, 1.82) is 0 Å². The number of hydrogen-bond donors (Lipinski definition) is 1. The summed E-state index contributed by atoms with van der Waals surface area (Å²) in [4.78, 5) is 34.0. The Morgan fingerprint density at radius 2 is 2.18 bits per heavy atom. The number of aromatic nitrogens is 2. The van der Waals surface area contributed by atoms with Crippen LogP contribution in [-0.4, -0.2) is 32.7 Å². The number of oxazole rings is 1. The summed E-state index contributed by atoms with van der Waals surface area (Å²) >= 11 is 0. The number of nitrogens with one attached hydrogen (secondary N) is 1. The van der Waals surface area contributed by atoms with Gasteiger partial charge in [-0.2, -0.15) is 0 Å². The Balaban J connectivity index is 1.46. The highest BCUT2D eigenvalue weighted by Crippen LogP contribution is 2.25. The number of carbonyl (C=O) groups excluding carboxylic acids is 2. The van der Waals surface area contributed by atoms with E-state index in [1.54, 1.807) is 23.2 Å². The molecule has 2 aliphatic rings. The molecule has 0 aromatic carbocycles. The lowest BCUT2D eigenvalue weighted by atomic mass is 10.2. The zero-order valence-corrected chi connectivity index (χ0v) is 11.8. The molecule has 0 spiro atoms. The van der Waals surface area contributed by atoms with Crippen molar-refractivity contribution < 1.29 is 14.0 Å². The van der Waals surface area contributed by atoms with Crippen LogP contribution in [-0.2, 0) is 13.1 Å². The van der Waals surface area contributed by atoms with Crippen LogP contribution in [0.1, 0.15) is 45.3 Å². The highest BCUT2D eigenvalue weighted by atomic mass is 16.4. The molecule has 112 valence electrons. The monoisotopic (exact) mass is 298 g/mol. The number of pyridine rings is 1. The third-order valence-electron chi connectivity index (χ3n) is 3.76. The molecule has 0 atom stereocenters. The topological polar surface area (TPSA) is 88.3 Å². The zero-order chi connectivity index (χ0) is 15.1. The molecule has 1 N–H and O–H groups in total. The second-order valence-electron chi connectivity index (χ2n) is 5.54. The van der Waals surface area contributed by atoms with Gasteiger partial charge in [-0.25, -0.2) is 4.98 Å². The Bertz CT molecular complexity index is 713. The summed E-state index contributed by atoms with van der Waals surface area (Å²) in [6.45, 7) is 0.677. The van der Waals surface area contributed by atoms with E-state index < -0.39 is 0 Å². The SMILES string of the molecule is O=C(NC1CC1)c1nc2c(o1)CN(C(=O)c1cccnc1)C2. The highest BCUT2D eigenvalue weighted by Gasteiger charge is 2.32. The van der Waals surface area contributed by atoms with E-state index in [1.165, 1.54) is 6.20 Å². The second-order valence-corrected chi connectivity index (χ2v) is 5.54. The van der Waals surface area contributed by atoms with Crippen molar-refractivity contribution in [2.45, 2.75) is 32.0 Å². The number of rotatable bonds is 3. The van der Waals surface area contributed by atoms with E-state index in [1.807, 2.05) is 0 Å². The average Bonchev–Trinajstić information content (AvgIpc) is 3.11. The van der Waals surface area contributed by atoms with Gasteiger partial charge in [0.15, 0.2) is 0 Å². The largest absolute Gasteiger partial charge is 0.435 e. The predicted molar refractivity (Wildman–Crippen MR) is 74.8 cm³/mol. The van der Waals surface area contributed by atoms with E-state index >= 15 is 0 Å². The quantitative estimate of drug-likeness (QED) is 0.917. The summed E-state index contributed by atoms with van der Waals surface area (Å²) in [5, 5.41) is 2.83. The summed E-state index contributed by atoms with van der Waals surface area (Å²) in [5.74, 6) is 0.274. The van der Waals surface area contributed by atoms with Gasteiger partial charge in [0.1, 0.15) is 11.5 Å². The fourth-order valence-electron chi connectivity index (χ4n) is 2.43. The van der Waals surface area contributed by atoms with Crippen LogP contribution < -0.4 is 5.32 Å². The molecule has 22 heavy (non-hydrogen) atoms. The molecule has 2 aromatic rings. The van der Waals surface area contributed by atoms with Crippen LogP contribution in [0.3, 0.4) is 0 Å². The molecular weight excluding hydrogens is 284 g/mol. The van der Waals surface area contributed by atoms with E-state index in [4.69, 9.17) is 4.42 Å². The summed E-state index contributed by atoms with van der Waals surface area (Å²) in [6.07, 6.45) is 5.18. The number of carbonyl (C=O) groups is 2. The van der Waals surface area contributed by atoms with E-state index in [0.29, 0.717) is 30.1 Å². The van der Waals surface area contributed by atoms with Gasteiger partial charge in [-0.15, -0.1) is 0 Å². The average molecular weight is 298 g/mol. The van der Waals surface area contributed by atoms with E-state index in [-0.39, 0.29) is 23.7 Å². The minimum atomic E-state index is -0.276. The van der Waals surface area contributed by atoms with Crippen molar-refractivity contribution in [2.75, 3.05) is 0 Å². The Morgan fingerprint density at radius 1 is 1.32 bits per heavy atom. The Labute approximate surface area is 126 Å². The van der Waals surface area contributed by atoms with E-state index in [9.17, 15) is 9.59 Å². The molecule has 0 saturated heterocycles. The summed E-state index contributed by atoms with van der Waals surface area (Å²) in [5.41, 5.74) is 1.18. The van der Waals surface area contributed by atoms with Crippen molar-refractivity contribution in [3.8, 4) is 0 Å². The minimum Gasteiger partial charge on any atom is -0.435 e. The predicted octanol–water partition coefficient (Wildman–Crippen LogP) is 1.12. The van der Waals surface area contributed by atoms with Crippen LogP contribution in [0.2, 0.25) is 0 Å². The molecule has 0 radical (unpaired) electrons. The van der Waals surface area contributed by atoms with Gasteiger partial charge >= 0.3 is 5.91 Å². The Morgan fingerprint density at radius 3 is 2.86 bits per heavy atom. The molecule has 1 aliphatic carbocycles. The lowest BCUT2D eigenvalue weighted by molar-refractivity contribution is 0.0740. The van der Waals surface area contributed by atoms with Gasteiger partial charge < -0.3 is 14.6 Å². The lowest BCUT2D eigenvalue weighted by Crippen LogP contribution is -2.27. The van der Waals surface area contributed by atoms with Gasteiger partial charge in [-0.05, 0) is 25.0 Å². The number of hydrogen-bond acceptors (Lipinski definition) is 5. The zero-order valence-electron chi connectivity index (χ0n) is 11.8. The smallest absolute Gasteiger partial charge is 0.307 e. The molecule has 0 unspecified atom stereocenters. The van der Waals surface area contributed by atoms with E-state index in [0.717, 1.165) is 12.8 Å². The van der Waals surface area contributed by atoms with Crippen molar-refractivity contribution >= 4 is 11.8 Å². The Hall–Kier alpha value is -2.70. The van der Waals surface area contributed by atoms with Crippen LogP contribution in [0, 0.1) is 0 Å². The molecule has 3 heterocycles. The molecule has 2 amide bonds. The Kier molecular flexibility index (Phi) is 2.92. The third kappa shape index (κ3) is 2.34. The maximum atomic E-state index is 12.3. The summed E-state index contributed by atoms with van der Waals surface area (Å²) in [6, 6.07) is 3.70. The van der Waals surface area contributed by atoms with Crippen molar-refractivity contribution in [1.82, 2.24) is 20.2 Å². The summed E-state index contributed by atoms with van der Waals surface area (Å²) < 4.78 is 5.50.